The number of carboxylic acids is 2. The first-order valence-corrected chi connectivity index (χ1v) is 26.0. The first-order chi connectivity index (χ1) is 39.1. The van der Waals surface area contributed by atoms with E-state index in [9.17, 15) is 106 Å². The molecule has 1 aromatic carbocycles. The number of hydrogen-bond donors (Lipinski definition) is 20. The number of aliphatic hydroxyl groups is 14. The Morgan fingerprint density at radius 2 is 1.11 bits per heavy atom. The van der Waals surface area contributed by atoms with Crippen LogP contribution in [0.15, 0.2) is 24.3 Å². The number of amides is 3. The van der Waals surface area contributed by atoms with Crippen molar-refractivity contribution in [2.75, 3.05) is 38.8 Å². The molecule has 26 atom stereocenters. The van der Waals surface area contributed by atoms with Crippen molar-refractivity contribution in [3.8, 4) is 5.75 Å². The van der Waals surface area contributed by atoms with Gasteiger partial charge in [0.1, 0.15) is 97.2 Å². The van der Waals surface area contributed by atoms with Gasteiger partial charge in [-0.25, -0.2) is 9.59 Å². The molecular weight excluding hydrogens is 1130 g/mol. The average molecular weight is 1200 g/mol. The summed E-state index contributed by atoms with van der Waals surface area (Å²) in [5, 5.41) is 183. The Balaban J connectivity index is 1.41. The van der Waals surface area contributed by atoms with Crippen LogP contribution < -0.4 is 26.4 Å². The molecule has 21 N–H and O–H groups in total. The maximum absolute atomic E-state index is 13.9. The maximum Gasteiger partial charge on any atom is 0.364 e. The summed E-state index contributed by atoms with van der Waals surface area (Å²) in [7, 11) is 0. The summed E-state index contributed by atoms with van der Waals surface area (Å²) in [5.41, 5.74) is 6.07. The Morgan fingerprint density at radius 3 is 1.66 bits per heavy atom. The molecule has 0 saturated carbocycles. The van der Waals surface area contributed by atoms with E-state index in [1.165, 1.54) is 24.3 Å². The number of rotatable bonds is 24. The van der Waals surface area contributed by atoms with E-state index in [1.54, 1.807) is 0 Å². The molecule has 0 radical (unpaired) electrons. The number of carbonyl (C=O) groups excluding carboxylic acids is 3. The number of nitrogen functional groups attached to an aromatic ring is 1. The minimum Gasteiger partial charge on any atom is -0.477 e. The molecule has 5 aliphatic rings. The molecule has 0 aliphatic carbocycles. The SMILES string of the molecule is CC(=O)NC1C(O)CC(OC(CO)[C@@H](O)C2OC(OC3C(O)C(OC4C(CO)OC(Oc5ccc(N)cc5)C(O)C4O)OC(CO)C3OC3OC(CO)C(O)C(O)C3NC(C)=O)(C(=O)O)CC(O)C2NC(C)=O)(C(=O)O)OC1C[C@H](O)CO. The van der Waals surface area contributed by atoms with E-state index in [4.69, 9.17) is 53.1 Å². The molecule has 35 nitrogen and oxygen atoms in total. The molecule has 5 heterocycles. The largest absolute Gasteiger partial charge is 0.477 e. The Hall–Kier alpha value is -4.75. The Bertz CT molecular complexity index is 2330. The number of ether oxygens (including phenoxy) is 10. The third kappa shape index (κ3) is 15.3. The van der Waals surface area contributed by atoms with Crippen molar-refractivity contribution in [2.24, 2.45) is 0 Å². The van der Waals surface area contributed by atoms with Crippen LogP contribution in [-0.4, -0.2) is 303 Å². The quantitative estimate of drug-likeness (QED) is 0.0427. The van der Waals surface area contributed by atoms with E-state index in [0.717, 1.165) is 20.8 Å². The van der Waals surface area contributed by atoms with Crippen LogP contribution in [0.2, 0.25) is 0 Å². The minimum absolute atomic E-state index is 0.0782. The van der Waals surface area contributed by atoms with Gasteiger partial charge in [0.2, 0.25) is 24.0 Å². The molecule has 35 heteroatoms. The van der Waals surface area contributed by atoms with Gasteiger partial charge in [-0.2, -0.15) is 0 Å². The zero-order valence-corrected chi connectivity index (χ0v) is 44.7. The number of aliphatic carboxylic acids is 2. The molecule has 5 aliphatic heterocycles. The maximum atomic E-state index is 13.9. The van der Waals surface area contributed by atoms with Gasteiger partial charge in [0.25, 0.3) is 11.6 Å². The number of aliphatic hydroxyl groups excluding tert-OH is 14. The van der Waals surface area contributed by atoms with E-state index in [-0.39, 0.29) is 5.75 Å². The van der Waals surface area contributed by atoms with E-state index < -0.39 is 240 Å². The number of benzene rings is 1. The van der Waals surface area contributed by atoms with Crippen LogP contribution >= 0.6 is 0 Å². The van der Waals surface area contributed by atoms with Crippen LogP contribution in [0.1, 0.15) is 40.0 Å². The lowest BCUT2D eigenvalue weighted by Gasteiger charge is -2.52. The zero-order valence-electron chi connectivity index (χ0n) is 44.7. The van der Waals surface area contributed by atoms with Gasteiger partial charge in [-0.05, 0) is 24.3 Å². The number of carbonyl (C=O) groups is 5. The van der Waals surface area contributed by atoms with Gasteiger partial charge in [0.15, 0.2) is 12.6 Å². The molecule has 1 aromatic rings. The summed E-state index contributed by atoms with van der Waals surface area (Å²) < 4.78 is 58.7. The van der Waals surface area contributed by atoms with Crippen LogP contribution in [-0.2, 0) is 66.6 Å². The molecule has 5 saturated heterocycles. The van der Waals surface area contributed by atoms with Crippen LogP contribution in [0.25, 0.3) is 0 Å². The summed E-state index contributed by atoms with van der Waals surface area (Å²) in [6, 6.07) is 0.416. The number of anilines is 1. The van der Waals surface area contributed by atoms with Gasteiger partial charge in [0, 0.05) is 45.7 Å². The van der Waals surface area contributed by atoms with Gasteiger partial charge in [-0.15, -0.1) is 0 Å². The molecule has 5 fully saturated rings. The van der Waals surface area contributed by atoms with Crippen LogP contribution in [0, 0.1) is 0 Å². The van der Waals surface area contributed by atoms with Gasteiger partial charge < -0.3 is 151 Å². The summed E-state index contributed by atoms with van der Waals surface area (Å²) >= 11 is 0. The van der Waals surface area contributed by atoms with Gasteiger partial charge in [-0.1, -0.05) is 0 Å². The highest BCUT2D eigenvalue weighted by Crippen LogP contribution is 2.42. The average Bonchev–Trinajstić information content (AvgIpc) is 3.61. The molecule has 0 aromatic heterocycles. The molecule has 3 amide bonds. The van der Waals surface area contributed by atoms with Gasteiger partial charge in [-0.3, -0.25) is 14.4 Å². The fourth-order valence-corrected chi connectivity index (χ4v) is 10.4. The van der Waals surface area contributed by atoms with Gasteiger partial charge in [0.05, 0.1) is 69.5 Å². The molecule has 0 spiro atoms. The number of carboxylic acid groups (broad SMARTS) is 2. The Morgan fingerprint density at radius 1 is 0.590 bits per heavy atom. The molecule has 83 heavy (non-hydrogen) atoms. The smallest absolute Gasteiger partial charge is 0.364 e. The standard InChI is InChI=1S/C48H74N4O31/c1-16(58)50-29-22(62)9-47(45(70)71,80-24(29)8-20(61)11-53)81-26(13-55)33(65)40-30(51-17(2)59)23(63)10-48(82-40,46(72)73)83-41-37(69)44(78-38-27(14-56)76-43(36(68)35(38)67)74-21-6-4-19(49)5-7-21)77-28(15-57)39(41)79-42-31(52-18(3)60)34(66)32(64)25(12-54)75-42/h4-7,20,22-44,53-57,61-69H,8-15,49H2,1-3H3,(H,50,58)(H,51,59)(H,52,60)(H,70,71)(H,72,73)/t20-,22?,23?,24?,25?,26?,27?,28?,29?,30?,31?,32?,33+,34?,35?,36?,37?,38?,39?,40?,41?,42?,43?,44?,47?,48?/m0/s1. The van der Waals surface area contributed by atoms with Crippen molar-refractivity contribution in [1.82, 2.24) is 16.0 Å². The van der Waals surface area contributed by atoms with Gasteiger partial charge >= 0.3 is 11.9 Å². The molecule has 472 valence electrons. The monoisotopic (exact) mass is 1200 g/mol. The van der Waals surface area contributed by atoms with E-state index in [1.807, 2.05) is 0 Å². The van der Waals surface area contributed by atoms with Crippen LogP contribution in [0.3, 0.4) is 0 Å². The van der Waals surface area contributed by atoms with E-state index in [2.05, 4.69) is 16.0 Å². The predicted octanol–water partition coefficient (Wildman–Crippen LogP) is -10.4. The minimum atomic E-state index is -3.51. The first kappa shape index (κ1) is 67.4. The highest BCUT2D eigenvalue weighted by Gasteiger charge is 2.63. The van der Waals surface area contributed by atoms with Crippen molar-refractivity contribution < 1.29 is 153 Å². The van der Waals surface area contributed by atoms with Crippen molar-refractivity contribution in [3.05, 3.63) is 24.3 Å². The predicted molar refractivity (Wildman–Crippen MR) is 264 cm³/mol. The van der Waals surface area contributed by atoms with Crippen LogP contribution in [0.5, 0.6) is 5.75 Å². The van der Waals surface area contributed by atoms with Crippen molar-refractivity contribution in [1.29, 1.82) is 0 Å². The lowest BCUT2D eigenvalue weighted by atomic mass is 9.87. The van der Waals surface area contributed by atoms with Crippen molar-refractivity contribution in [2.45, 2.75) is 198 Å². The second-order valence-corrected chi connectivity index (χ2v) is 20.6. The Kier molecular flexibility index (Phi) is 23.2. The third-order valence-electron chi connectivity index (χ3n) is 14.5. The summed E-state index contributed by atoms with van der Waals surface area (Å²) in [6.45, 7) is -2.72. The van der Waals surface area contributed by atoms with E-state index in [0.29, 0.717) is 5.69 Å². The lowest BCUT2D eigenvalue weighted by Crippen LogP contribution is -2.72. The van der Waals surface area contributed by atoms with Crippen LogP contribution in [0.4, 0.5) is 5.69 Å². The number of nitrogens with two attached hydrogens (primary N) is 1. The van der Waals surface area contributed by atoms with Crippen molar-refractivity contribution in [3.63, 3.8) is 0 Å². The summed E-state index contributed by atoms with van der Waals surface area (Å²) in [5.74, 6) is -13.5. The van der Waals surface area contributed by atoms with E-state index >= 15 is 0 Å². The molecular formula is C48H74N4O31. The van der Waals surface area contributed by atoms with Crippen molar-refractivity contribution >= 4 is 35.3 Å². The zero-order chi connectivity index (χ0) is 61.6. The number of nitrogens with one attached hydrogen (secondary N) is 3. The highest BCUT2D eigenvalue weighted by atomic mass is 16.8. The fraction of sp³-hybridized carbons (Fsp3) is 0.771. The lowest BCUT2D eigenvalue weighted by molar-refractivity contribution is -0.400. The Labute approximate surface area is 470 Å². The molecule has 6 rings (SSSR count). The summed E-state index contributed by atoms with van der Waals surface area (Å²) in [4.78, 5) is 64.3. The number of hydrogen-bond acceptors (Lipinski definition) is 30. The molecule has 0 bridgehead atoms. The fourth-order valence-electron chi connectivity index (χ4n) is 10.4. The highest BCUT2D eigenvalue weighted by molar-refractivity contribution is 5.77. The molecule has 24 unspecified atom stereocenters. The topological polar surface area (TPSA) is 563 Å². The third-order valence-corrected chi connectivity index (χ3v) is 14.5. The second-order valence-electron chi connectivity index (χ2n) is 20.6. The second kappa shape index (κ2) is 28.6. The normalized spacial score (nSPS) is 40.5. The first-order valence-electron chi connectivity index (χ1n) is 26.0. The summed E-state index contributed by atoms with van der Waals surface area (Å²) in [6.07, 6.45) is -46.8.